The summed E-state index contributed by atoms with van der Waals surface area (Å²) in [4.78, 5) is 40.7. The van der Waals surface area contributed by atoms with Crippen LogP contribution in [0.15, 0.2) is 200 Å². The van der Waals surface area contributed by atoms with Gasteiger partial charge in [0.15, 0.2) is 28.7 Å². The Morgan fingerprint density at radius 2 is 0.773 bits per heavy atom. The summed E-state index contributed by atoms with van der Waals surface area (Å²) >= 11 is 6.21. The van der Waals surface area contributed by atoms with E-state index in [0.29, 0.717) is 37.4 Å². The molecule has 11 aromatic rings. The second kappa shape index (κ2) is 36.4. The van der Waals surface area contributed by atoms with Crippen molar-refractivity contribution in [3.63, 3.8) is 0 Å². The lowest BCUT2D eigenvalue weighted by Gasteiger charge is -2.27. The summed E-state index contributed by atoms with van der Waals surface area (Å²) in [7, 11) is 0. The van der Waals surface area contributed by atoms with Gasteiger partial charge in [0.25, 0.3) is 17.7 Å². The predicted octanol–water partition coefficient (Wildman–Crippen LogP) is 21.0. The standard InChI is InChI=1S/C30H27ClF3N3O.C30H28F3N3O.C30H36FN3O/c31-18-26(20-6-2-1-3-7-20)35-30(38)28-24-9-5-4-8-21(16-19-10-12-22(32)13-11-19)29(24)37(36-28)27-15-14-23(33)17-25(27)34;1-19(21-9-3-2-4-10-21)34-30(37)28-25-13-6-5-11-22(16-20-8-7-12-23(31)17-20)29(25)36(35-28)27-15-14-24(32)18-26(27)33;1-21(23-12-4-2-5-13-23)32-30(35)28-27-18-9-8-14-24(19-22-11-10-15-25(31)20-22)29(27)34(33-28)26-16-6-3-7-17-26/h1-3,6-7,10-15,17,21,26H,4-5,8-9,16,18H2,(H,35,38);2-4,7-10,12,14-15,17-19,22H,5-6,11,13,16H2,1H3,(H,34,37);2,4-5,10-13,15,20-21,24,26H,3,6-9,14,16-19H2,1H3,(H,32,35)/t21?,26-;19-,22?;21-,24?/m111/s1. The summed E-state index contributed by atoms with van der Waals surface area (Å²) in [5, 5.41) is 23.5. The van der Waals surface area contributed by atoms with Gasteiger partial charge < -0.3 is 16.0 Å². The quantitative estimate of drug-likeness (QED) is 0.0418. The van der Waals surface area contributed by atoms with Crippen molar-refractivity contribution in [2.75, 3.05) is 5.88 Å². The van der Waals surface area contributed by atoms with E-state index < -0.39 is 35.2 Å². The number of carbonyl (C=O) groups is 3. The van der Waals surface area contributed by atoms with Gasteiger partial charge in [0.2, 0.25) is 0 Å². The van der Waals surface area contributed by atoms with E-state index in [1.807, 2.05) is 117 Å². The third-order valence-electron chi connectivity index (χ3n) is 21.9. The maximum Gasteiger partial charge on any atom is 0.272 e. The first kappa shape index (κ1) is 77.7. The van der Waals surface area contributed by atoms with Crippen LogP contribution in [0.25, 0.3) is 11.4 Å². The second-order valence-corrected chi connectivity index (χ2v) is 29.8. The van der Waals surface area contributed by atoms with Gasteiger partial charge in [-0.25, -0.2) is 40.1 Å². The Morgan fingerprint density at radius 1 is 0.391 bits per heavy atom. The first-order chi connectivity index (χ1) is 53.4. The molecule has 4 aliphatic carbocycles. The highest BCUT2D eigenvalue weighted by Gasteiger charge is 2.37. The fourth-order valence-corrected chi connectivity index (χ4v) is 16.7. The maximum atomic E-state index is 15.0. The molecule has 1 fully saturated rings. The molecular weight excluding hydrogens is 1420 g/mol. The molecule has 0 saturated heterocycles. The fraction of sp³-hybridized carbons (Fsp3) is 0.333. The average molecular weight is 1520 g/mol. The highest BCUT2D eigenvalue weighted by Crippen LogP contribution is 2.42. The number of amides is 3. The molecule has 6 atom stereocenters. The van der Waals surface area contributed by atoms with Crippen molar-refractivity contribution < 1.29 is 45.1 Å². The smallest absolute Gasteiger partial charge is 0.272 e. The molecule has 3 amide bonds. The highest BCUT2D eigenvalue weighted by molar-refractivity contribution is 6.18. The molecule has 110 heavy (non-hydrogen) atoms. The van der Waals surface area contributed by atoms with Crippen molar-refractivity contribution in [3.8, 4) is 11.4 Å². The van der Waals surface area contributed by atoms with E-state index >= 15 is 8.78 Å². The van der Waals surface area contributed by atoms with Gasteiger partial charge in [0, 0.05) is 58.2 Å². The van der Waals surface area contributed by atoms with Gasteiger partial charge in [0.1, 0.15) is 40.5 Å². The number of nitrogens with one attached hydrogen (secondary N) is 3. The minimum atomic E-state index is -0.769. The first-order valence-corrected chi connectivity index (χ1v) is 39.1. The zero-order valence-corrected chi connectivity index (χ0v) is 62.6. The van der Waals surface area contributed by atoms with Crippen molar-refractivity contribution in [2.24, 2.45) is 0 Å². The van der Waals surface area contributed by atoms with Gasteiger partial charge in [-0.3, -0.25) is 19.1 Å². The van der Waals surface area contributed by atoms with Crippen molar-refractivity contribution in [1.29, 1.82) is 0 Å². The van der Waals surface area contributed by atoms with E-state index in [2.05, 4.69) is 30.8 Å². The van der Waals surface area contributed by atoms with Crippen LogP contribution in [0.1, 0.15) is 244 Å². The van der Waals surface area contributed by atoms with Crippen LogP contribution in [0, 0.1) is 40.7 Å². The summed E-state index contributed by atoms with van der Waals surface area (Å²) in [6.07, 6.45) is 18.1. The monoisotopic (exact) mass is 1510 g/mol. The molecule has 0 bridgehead atoms. The summed E-state index contributed by atoms with van der Waals surface area (Å²) in [5.41, 5.74) is 12.2. The van der Waals surface area contributed by atoms with Crippen molar-refractivity contribution in [3.05, 3.63) is 325 Å². The molecule has 4 aliphatic rings. The molecule has 3 heterocycles. The molecule has 3 aromatic heterocycles. The van der Waals surface area contributed by atoms with Crippen LogP contribution >= 0.6 is 11.6 Å². The average Bonchev–Trinajstić information content (AvgIpc) is 1.61. The molecule has 570 valence electrons. The number of carbonyl (C=O) groups excluding carboxylic acids is 3. The SMILES string of the molecule is C[C@@H](NC(=O)c1nn(-c2ccc(F)cc2F)c2c1CCCCC2Cc1cccc(F)c1)c1ccccc1.C[C@@H](NC(=O)c1nn(C2CCCCC2)c2c1CCCCC2Cc1cccc(F)c1)c1ccccc1.O=C(N[C@H](CCl)c1ccccc1)c1nn(-c2ccc(F)cc2F)c2c1CCCCC2Cc1ccc(F)cc1. The molecule has 12 nitrogen and oxygen atoms in total. The van der Waals surface area contributed by atoms with Crippen LogP contribution in [-0.4, -0.2) is 52.9 Å². The van der Waals surface area contributed by atoms with Gasteiger partial charge in [-0.15, -0.1) is 11.6 Å². The zero-order valence-electron chi connectivity index (χ0n) is 61.9. The number of fused-ring (bicyclic) bond motifs is 3. The maximum absolute atomic E-state index is 15.0. The molecule has 1 saturated carbocycles. The van der Waals surface area contributed by atoms with Crippen LogP contribution in [0.4, 0.5) is 30.7 Å². The van der Waals surface area contributed by atoms with E-state index in [9.17, 15) is 36.3 Å². The van der Waals surface area contributed by atoms with E-state index in [1.165, 1.54) is 88.9 Å². The first-order valence-electron chi connectivity index (χ1n) is 38.6. The van der Waals surface area contributed by atoms with Crippen molar-refractivity contribution in [2.45, 2.75) is 184 Å². The number of rotatable bonds is 19. The number of hydrogen-bond acceptors (Lipinski definition) is 6. The summed E-state index contributed by atoms with van der Waals surface area (Å²) in [5.74, 6) is -4.39. The Kier molecular flexibility index (Phi) is 25.7. The van der Waals surface area contributed by atoms with Crippen LogP contribution in [0.3, 0.4) is 0 Å². The molecule has 0 aliphatic heterocycles. The predicted molar refractivity (Wildman–Crippen MR) is 415 cm³/mol. The summed E-state index contributed by atoms with van der Waals surface area (Å²) < 4.78 is 104. The van der Waals surface area contributed by atoms with Gasteiger partial charge in [-0.05, 0) is 198 Å². The zero-order chi connectivity index (χ0) is 76.8. The van der Waals surface area contributed by atoms with Gasteiger partial charge in [0.05, 0.1) is 35.6 Å². The van der Waals surface area contributed by atoms with Crippen LogP contribution in [0.5, 0.6) is 0 Å². The Morgan fingerprint density at radius 3 is 1.21 bits per heavy atom. The Balaban J connectivity index is 0.000000145. The van der Waals surface area contributed by atoms with Crippen molar-refractivity contribution >= 4 is 29.3 Å². The summed E-state index contributed by atoms with van der Waals surface area (Å²) in [6, 6.07) is 55.0. The Labute approximate surface area is 642 Å². The Bertz CT molecular complexity index is 4970. The highest BCUT2D eigenvalue weighted by atomic mass is 35.5. The topological polar surface area (TPSA) is 141 Å². The third kappa shape index (κ3) is 18.7. The van der Waals surface area contributed by atoms with E-state index in [1.54, 1.807) is 30.3 Å². The minimum absolute atomic E-state index is 0.0738. The minimum Gasteiger partial charge on any atom is -0.344 e. The van der Waals surface area contributed by atoms with E-state index in [4.69, 9.17) is 16.7 Å². The molecular formula is C90H91ClF7N9O3. The normalized spacial score (nSPS) is 17.1. The second-order valence-electron chi connectivity index (χ2n) is 29.5. The van der Waals surface area contributed by atoms with Gasteiger partial charge >= 0.3 is 0 Å². The molecule has 8 aromatic carbocycles. The van der Waals surface area contributed by atoms with E-state index in [-0.39, 0.29) is 87.7 Å². The summed E-state index contributed by atoms with van der Waals surface area (Å²) in [6.45, 7) is 3.92. The van der Waals surface area contributed by atoms with Gasteiger partial charge in [-0.2, -0.15) is 15.3 Å². The largest absolute Gasteiger partial charge is 0.344 e. The molecule has 15 rings (SSSR count). The third-order valence-corrected chi connectivity index (χ3v) is 22.2. The molecule has 3 N–H and O–H groups in total. The number of halogens is 8. The van der Waals surface area contributed by atoms with Crippen LogP contribution < -0.4 is 16.0 Å². The fourth-order valence-electron chi connectivity index (χ4n) is 16.4. The lowest BCUT2D eigenvalue weighted by molar-refractivity contribution is 0.0924. The number of nitrogens with zero attached hydrogens (tertiary/aromatic N) is 6. The Hall–Kier alpha value is -10.4. The van der Waals surface area contributed by atoms with Gasteiger partial charge in [-0.1, -0.05) is 166 Å². The van der Waals surface area contributed by atoms with Crippen molar-refractivity contribution in [1.82, 2.24) is 45.3 Å². The number of aromatic nitrogens is 6. The van der Waals surface area contributed by atoms with Crippen LogP contribution in [0.2, 0.25) is 0 Å². The number of benzene rings is 8. The lowest BCUT2D eigenvalue weighted by atomic mass is 9.89. The lowest BCUT2D eigenvalue weighted by Crippen LogP contribution is -2.30. The molecule has 20 heteroatoms. The number of alkyl halides is 1. The molecule has 0 radical (unpaired) electrons. The molecule has 3 unspecified atom stereocenters. The number of hydrogen-bond donors (Lipinski definition) is 3. The van der Waals surface area contributed by atoms with E-state index in [0.717, 1.165) is 157 Å². The van der Waals surface area contributed by atoms with Crippen LogP contribution in [-0.2, 0) is 38.5 Å². The molecule has 0 spiro atoms.